The second-order valence-corrected chi connectivity index (χ2v) is 3.62. The van der Waals surface area contributed by atoms with Crippen molar-refractivity contribution < 1.29 is 14.5 Å². The maximum Gasteiger partial charge on any atom is 0.414 e. The van der Waals surface area contributed by atoms with Crippen molar-refractivity contribution in [1.82, 2.24) is 0 Å². The lowest BCUT2D eigenvalue weighted by molar-refractivity contribution is -0.384. The number of nitro groups is 1. The maximum absolute atomic E-state index is 11.6. The van der Waals surface area contributed by atoms with Gasteiger partial charge in [0.05, 0.1) is 12.0 Å². The number of aryl methyl sites for hydroxylation is 1. The summed E-state index contributed by atoms with van der Waals surface area (Å²) in [7, 11) is 1.22. The fourth-order valence-electron chi connectivity index (χ4n) is 1.52. The minimum atomic E-state index is -0.665. The van der Waals surface area contributed by atoms with Crippen molar-refractivity contribution in [1.29, 1.82) is 0 Å². The molecular formula is C12H14N2O4. The fourth-order valence-corrected chi connectivity index (χ4v) is 1.52. The molecule has 0 atom stereocenters. The van der Waals surface area contributed by atoms with E-state index in [-0.39, 0.29) is 17.9 Å². The molecule has 1 rings (SSSR count). The van der Waals surface area contributed by atoms with Gasteiger partial charge in [-0.1, -0.05) is 12.1 Å². The Morgan fingerprint density at radius 1 is 1.61 bits per heavy atom. The van der Waals surface area contributed by atoms with E-state index in [0.29, 0.717) is 0 Å². The summed E-state index contributed by atoms with van der Waals surface area (Å²) in [5.74, 6) is 0. The minimum absolute atomic E-state index is 0.135. The van der Waals surface area contributed by atoms with Crippen LogP contribution in [0.1, 0.15) is 5.56 Å². The molecule has 0 bridgehead atoms. The third-order valence-electron chi connectivity index (χ3n) is 2.33. The van der Waals surface area contributed by atoms with Crippen molar-refractivity contribution in [3.05, 3.63) is 46.5 Å². The molecule has 1 amide bonds. The molecule has 6 nitrogen and oxygen atoms in total. The van der Waals surface area contributed by atoms with Crippen molar-refractivity contribution in [2.24, 2.45) is 0 Å². The Labute approximate surface area is 105 Å². The lowest BCUT2D eigenvalue weighted by Gasteiger charge is -2.19. The van der Waals surface area contributed by atoms with Crippen LogP contribution in [0.2, 0.25) is 0 Å². The SMILES string of the molecule is C=CCN(C(=O)OC)c1ccc(C)cc1[N+](=O)[O-]. The molecule has 0 aromatic heterocycles. The highest BCUT2D eigenvalue weighted by molar-refractivity contribution is 5.91. The first kappa shape index (κ1) is 13.7. The second-order valence-electron chi connectivity index (χ2n) is 3.62. The third-order valence-corrected chi connectivity index (χ3v) is 2.33. The van der Waals surface area contributed by atoms with Crippen LogP contribution in [0.25, 0.3) is 0 Å². The van der Waals surface area contributed by atoms with E-state index >= 15 is 0 Å². The summed E-state index contributed by atoms with van der Waals surface area (Å²) < 4.78 is 4.60. The number of nitro benzene ring substituents is 1. The summed E-state index contributed by atoms with van der Waals surface area (Å²) in [6, 6.07) is 4.63. The lowest BCUT2D eigenvalue weighted by atomic mass is 10.2. The number of amides is 1. The van der Waals surface area contributed by atoms with Gasteiger partial charge in [0.25, 0.3) is 5.69 Å². The molecule has 0 N–H and O–H groups in total. The molecule has 0 saturated carbocycles. The number of carbonyl (C=O) groups excluding carboxylic acids is 1. The van der Waals surface area contributed by atoms with Gasteiger partial charge in [0, 0.05) is 12.6 Å². The van der Waals surface area contributed by atoms with Crippen molar-refractivity contribution in [2.75, 3.05) is 18.6 Å². The van der Waals surface area contributed by atoms with Gasteiger partial charge in [0.2, 0.25) is 0 Å². The highest BCUT2D eigenvalue weighted by Gasteiger charge is 2.24. The summed E-state index contributed by atoms with van der Waals surface area (Å²) in [5, 5.41) is 11.0. The molecule has 0 spiro atoms. The Morgan fingerprint density at radius 2 is 2.28 bits per heavy atom. The average Bonchev–Trinajstić information content (AvgIpc) is 2.35. The summed E-state index contributed by atoms with van der Waals surface area (Å²) in [6.07, 6.45) is 0.808. The van der Waals surface area contributed by atoms with Gasteiger partial charge in [-0.3, -0.25) is 15.0 Å². The summed E-state index contributed by atoms with van der Waals surface area (Å²) in [5.41, 5.74) is 0.800. The standard InChI is InChI=1S/C12H14N2O4/c1-4-7-13(12(15)18-3)10-6-5-9(2)8-11(10)14(16)17/h4-6,8H,1,7H2,2-3H3. The average molecular weight is 250 g/mol. The molecule has 0 aliphatic heterocycles. The number of hydrogen-bond donors (Lipinski definition) is 0. The van der Waals surface area contributed by atoms with Gasteiger partial charge in [0.15, 0.2) is 0 Å². The van der Waals surface area contributed by atoms with E-state index in [4.69, 9.17) is 0 Å². The molecule has 1 aromatic carbocycles. The van der Waals surface area contributed by atoms with Gasteiger partial charge < -0.3 is 4.74 Å². The van der Waals surface area contributed by atoms with E-state index in [2.05, 4.69) is 11.3 Å². The Bertz CT molecular complexity index is 485. The van der Waals surface area contributed by atoms with Gasteiger partial charge in [-0.2, -0.15) is 0 Å². The van der Waals surface area contributed by atoms with E-state index in [1.54, 1.807) is 13.0 Å². The van der Waals surface area contributed by atoms with Crippen molar-refractivity contribution in [3.8, 4) is 0 Å². The number of benzene rings is 1. The smallest absolute Gasteiger partial charge is 0.414 e. The van der Waals surface area contributed by atoms with Gasteiger partial charge >= 0.3 is 6.09 Å². The van der Waals surface area contributed by atoms with E-state index in [9.17, 15) is 14.9 Å². The fraction of sp³-hybridized carbons (Fsp3) is 0.250. The second kappa shape index (κ2) is 5.81. The van der Waals surface area contributed by atoms with E-state index in [1.165, 1.54) is 25.3 Å². The number of rotatable bonds is 4. The first-order chi connectivity index (χ1) is 8.51. The molecule has 0 saturated heterocycles. The minimum Gasteiger partial charge on any atom is -0.452 e. The molecule has 1 aromatic rings. The summed E-state index contributed by atoms with van der Waals surface area (Å²) in [4.78, 5) is 23.2. The van der Waals surface area contributed by atoms with E-state index in [0.717, 1.165) is 10.5 Å². The monoisotopic (exact) mass is 250 g/mol. The molecule has 0 aliphatic carbocycles. The normalized spacial score (nSPS) is 9.67. The van der Waals surface area contributed by atoms with Gasteiger partial charge in [-0.05, 0) is 18.6 Å². The molecule has 0 fully saturated rings. The van der Waals surface area contributed by atoms with Gasteiger partial charge in [-0.15, -0.1) is 6.58 Å². The number of ether oxygens (including phenoxy) is 1. The number of carbonyl (C=O) groups is 1. The third kappa shape index (κ3) is 2.85. The molecule has 6 heteroatoms. The van der Waals surface area contributed by atoms with Crippen LogP contribution in [0.15, 0.2) is 30.9 Å². The zero-order valence-corrected chi connectivity index (χ0v) is 10.3. The number of methoxy groups -OCH3 is 1. The summed E-state index contributed by atoms with van der Waals surface area (Å²) in [6.45, 7) is 5.39. The molecular weight excluding hydrogens is 236 g/mol. The predicted octanol–water partition coefficient (Wildman–Crippen LogP) is 2.66. The molecule has 0 radical (unpaired) electrons. The maximum atomic E-state index is 11.6. The van der Waals surface area contributed by atoms with Crippen molar-refractivity contribution in [3.63, 3.8) is 0 Å². The lowest BCUT2D eigenvalue weighted by Crippen LogP contribution is -2.31. The number of hydrogen-bond acceptors (Lipinski definition) is 4. The van der Waals surface area contributed by atoms with Gasteiger partial charge in [-0.25, -0.2) is 4.79 Å². The first-order valence-electron chi connectivity index (χ1n) is 5.22. The van der Waals surface area contributed by atoms with Crippen LogP contribution in [0, 0.1) is 17.0 Å². The topological polar surface area (TPSA) is 72.7 Å². The largest absolute Gasteiger partial charge is 0.452 e. The Hall–Kier alpha value is -2.37. The Balaban J connectivity index is 3.30. The first-order valence-corrected chi connectivity index (χ1v) is 5.22. The van der Waals surface area contributed by atoms with Crippen molar-refractivity contribution >= 4 is 17.5 Å². The van der Waals surface area contributed by atoms with E-state index < -0.39 is 11.0 Å². The van der Waals surface area contributed by atoms with Crippen LogP contribution in [0.4, 0.5) is 16.2 Å². The van der Waals surface area contributed by atoms with Gasteiger partial charge in [0.1, 0.15) is 5.69 Å². The number of nitrogens with zero attached hydrogens (tertiary/aromatic N) is 2. The quantitative estimate of drug-likeness (QED) is 0.468. The predicted molar refractivity (Wildman–Crippen MR) is 67.8 cm³/mol. The zero-order valence-electron chi connectivity index (χ0n) is 10.3. The highest BCUT2D eigenvalue weighted by atomic mass is 16.6. The van der Waals surface area contributed by atoms with Crippen LogP contribution in [0.5, 0.6) is 0 Å². The summed E-state index contributed by atoms with van der Waals surface area (Å²) >= 11 is 0. The molecule has 96 valence electrons. The highest BCUT2D eigenvalue weighted by Crippen LogP contribution is 2.29. The molecule has 18 heavy (non-hydrogen) atoms. The molecule has 0 unspecified atom stereocenters. The van der Waals surface area contributed by atoms with Crippen LogP contribution >= 0.6 is 0 Å². The van der Waals surface area contributed by atoms with Crippen LogP contribution < -0.4 is 4.90 Å². The van der Waals surface area contributed by atoms with E-state index in [1.807, 2.05) is 0 Å². The number of anilines is 1. The molecule has 0 aliphatic rings. The zero-order chi connectivity index (χ0) is 13.7. The van der Waals surface area contributed by atoms with Crippen molar-refractivity contribution in [2.45, 2.75) is 6.92 Å². The molecule has 0 heterocycles. The van der Waals surface area contributed by atoms with Crippen LogP contribution in [0.3, 0.4) is 0 Å². The Morgan fingerprint density at radius 3 is 2.78 bits per heavy atom. The van der Waals surface area contributed by atoms with Crippen LogP contribution in [-0.4, -0.2) is 24.7 Å². The van der Waals surface area contributed by atoms with Crippen LogP contribution in [-0.2, 0) is 4.74 Å². The Kier molecular flexibility index (Phi) is 4.42.